The van der Waals surface area contributed by atoms with Gasteiger partial charge in [-0.1, -0.05) is 25.2 Å². The topological polar surface area (TPSA) is 143 Å². The Bertz CT molecular complexity index is 934. The zero-order valence-corrected chi connectivity index (χ0v) is 16.6. The average molecular weight is 414 g/mol. The number of ether oxygens (including phenoxy) is 2. The van der Waals surface area contributed by atoms with E-state index in [-0.39, 0.29) is 42.2 Å². The number of benzene rings is 1. The van der Waals surface area contributed by atoms with Crippen LogP contribution in [0.5, 0.6) is 11.5 Å². The predicted octanol–water partition coefficient (Wildman–Crippen LogP) is 2.66. The summed E-state index contributed by atoms with van der Waals surface area (Å²) in [7, 11) is 0. The second kappa shape index (κ2) is 10.2. The summed E-state index contributed by atoms with van der Waals surface area (Å²) in [5.74, 6) is -4.36. The molecule has 9 heteroatoms. The van der Waals surface area contributed by atoms with Gasteiger partial charge in [-0.25, -0.2) is 10.3 Å². The first-order chi connectivity index (χ1) is 14.2. The molecule has 1 aliphatic heterocycles. The average Bonchev–Trinajstić information content (AvgIpc) is 2.70. The molecule has 0 fully saturated rings. The second-order valence-corrected chi connectivity index (χ2v) is 6.69. The minimum Gasteiger partial charge on any atom is -0.507 e. The maximum atomic E-state index is 12.7. The summed E-state index contributed by atoms with van der Waals surface area (Å²) in [4.78, 5) is 48.4. The zero-order chi connectivity index (χ0) is 22.3. The second-order valence-electron chi connectivity index (χ2n) is 6.69. The van der Waals surface area contributed by atoms with Crippen LogP contribution in [0.4, 0.5) is 0 Å². The third kappa shape index (κ3) is 5.69. The standard InChI is InChI=1S/C21H22N2O7/c1-12-6-7-17(25)20(27)16(24)5-3-4-14-10-15(29-9-8-23-22)11-18(26)19(14)21(28)30-13(12)2/h3-4,6-7,10-13,22,26H,5,8-9H2,1-2H3/b4-3+,7-6-,23-22?/t12-,13+/m1/s1. The normalized spacial score (nSPS) is 22.5. The molecule has 0 aliphatic carbocycles. The number of hydrogen-bond donors (Lipinski definition) is 2. The van der Waals surface area contributed by atoms with Crippen molar-refractivity contribution >= 4 is 29.4 Å². The number of hydrogen-bond acceptors (Lipinski definition) is 9. The van der Waals surface area contributed by atoms with Gasteiger partial charge >= 0.3 is 5.97 Å². The summed E-state index contributed by atoms with van der Waals surface area (Å²) in [6.45, 7) is 3.48. The Morgan fingerprint density at radius 3 is 2.63 bits per heavy atom. The molecule has 0 radical (unpaired) electrons. The third-order valence-corrected chi connectivity index (χ3v) is 4.46. The van der Waals surface area contributed by atoms with Gasteiger partial charge in [0.25, 0.3) is 5.78 Å². The lowest BCUT2D eigenvalue weighted by Crippen LogP contribution is -2.24. The van der Waals surface area contributed by atoms with Crippen LogP contribution in [0.1, 0.15) is 36.2 Å². The van der Waals surface area contributed by atoms with Gasteiger partial charge in [0.15, 0.2) is 0 Å². The molecule has 0 amide bonds. The number of nitrogens with zero attached hydrogens (tertiary/aromatic N) is 1. The van der Waals surface area contributed by atoms with E-state index in [1.807, 2.05) is 0 Å². The first-order valence-corrected chi connectivity index (χ1v) is 9.24. The molecular weight excluding hydrogens is 392 g/mol. The van der Waals surface area contributed by atoms with Crippen molar-refractivity contribution in [3.63, 3.8) is 0 Å². The number of esters is 1. The van der Waals surface area contributed by atoms with Crippen LogP contribution in [-0.4, -0.2) is 47.7 Å². The van der Waals surface area contributed by atoms with E-state index in [9.17, 15) is 24.3 Å². The van der Waals surface area contributed by atoms with Gasteiger partial charge in [0.1, 0.15) is 29.8 Å². The van der Waals surface area contributed by atoms with Crippen LogP contribution in [0.3, 0.4) is 0 Å². The fourth-order valence-electron chi connectivity index (χ4n) is 2.60. The van der Waals surface area contributed by atoms with Crippen molar-refractivity contribution in [1.29, 1.82) is 5.53 Å². The summed E-state index contributed by atoms with van der Waals surface area (Å²) in [6.07, 6.45) is 4.03. The number of fused-ring (bicyclic) bond motifs is 1. The maximum Gasteiger partial charge on any atom is 0.342 e. The SMILES string of the molecule is C[C@@H]1/C=C\C(=O)C(=O)C(=O)C/C=C/c2cc(OCCN=N)cc(O)c2C(=O)O[C@H]1C. The number of aromatic hydroxyl groups is 1. The molecule has 2 N–H and O–H groups in total. The number of carbonyl (C=O) groups excluding carboxylic acids is 4. The van der Waals surface area contributed by atoms with Gasteiger partial charge in [-0.3, -0.25) is 14.4 Å². The number of rotatable bonds is 4. The minimum atomic E-state index is -1.14. The Morgan fingerprint density at radius 2 is 1.93 bits per heavy atom. The van der Waals surface area contributed by atoms with E-state index in [1.54, 1.807) is 13.8 Å². The molecular formula is C21H22N2O7. The summed E-state index contributed by atoms with van der Waals surface area (Å²) in [5.41, 5.74) is 6.86. The number of carbonyl (C=O) groups is 4. The molecule has 2 rings (SSSR count). The molecule has 1 heterocycles. The monoisotopic (exact) mass is 414 g/mol. The first-order valence-electron chi connectivity index (χ1n) is 9.24. The van der Waals surface area contributed by atoms with Crippen molar-refractivity contribution in [3.05, 3.63) is 41.5 Å². The number of cyclic esters (lactones) is 1. The van der Waals surface area contributed by atoms with Crippen molar-refractivity contribution in [2.24, 2.45) is 11.0 Å². The van der Waals surface area contributed by atoms with Crippen LogP contribution >= 0.6 is 0 Å². The molecule has 0 bridgehead atoms. The summed E-state index contributed by atoms with van der Waals surface area (Å²) >= 11 is 0. The molecule has 9 nitrogen and oxygen atoms in total. The van der Waals surface area contributed by atoms with Gasteiger partial charge < -0.3 is 14.6 Å². The number of allylic oxidation sites excluding steroid dienone is 2. The van der Waals surface area contributed by atoms with Crippen molar-refractivity contribution in [3.8, 4) is 11.5 Å². The lowest BCUT2D eigenvalue weighted by Gasteiger charge is -2.19. The zero-order valence-electron chi connectivity index (χ0n) is 16.6. The van der Waals surface area contributed by atoms with Crippen molar-refractivity contribution < 1.29 is 33.8 Å². The highest BCUT2D eigenvalue weighted by atomic mass is 16.5. The summed E-state index contributed by atoms with van der Waals surface area (Å²) in [5, 5.41) is 13.6. The van der Waals surface area contributed by atoms with E-state index in [2.05, 4.69) is 5.11 Å². The van der Waals surface area contributed by atoms with Crippen LogP contribution in [0.2, 0.25) is 0 Å². The van der Waals surface area contributed by atoms with Gasteiger partial charge in [0.05, 0.1) is 6.54 Å². The fraction of sp³-hybridized carbons (Fsp3) is 0.333. The number of phenols is 1. The number of Topliss-reactive ketones (excluding diaryl/α,β-unsaturated/α-hetero) is 2. The van der Waals surface area contributed by atoms with E-state index in [0.29, 0.717) is 0 Å². The van der Waals surface area contributed by atoms with Crippen LogP contribution in [-0.2, 0) is 19.1 Å². The molecule has 0 unspecified atom stereocenters. The minimum absolute atomic E-state index is 0.0892. The van der Waals surface area contributed by atoms with Crippen molar-refractivity contribution in [2.75, 3.05) is 13.2 Å². The lowest BCUT2D eigenvalue weighted by molar-refractivity contribution is -0.142. The molecule has 0 aromatic heterocycles. The van der Waals surface area contributed by atoms with E-state index in [4.69, 9.17) is 15.0 Å². The van der Waals surface area contributed by atoms with Gasteiger partial charge in [0, 0.05) is 18.4 Å². The van der Waals surface area contributed by atoms with Crippen LogP contribution in [0.15, 0.2) is 35.5 Å². The van der Waals surface area contributed by atoms with Gasteiger partial charge in [0.2, 0.25) is 11.6 Å². The Morgan fingerprint density at radius 1 is 1.20 bits per heavy atom. The number of phenolic OH excluding ortho intramolecular Hbond substituents is 1. The van der Waals surface area contributed by atoms with Gasteiger partial charge in [-0.15, -0.1) is 0 Å². The first kappa shape index (κ1) is 22.7. The van der Waals surface area contributed by atoms with Crippen molar-refractivity contribution in [2.45, 2.75) is 26.4 Å². The molecule has 0 saturated carbocycles. The van der Waals surface area contributed by atoms with E-state index in [1.165, 1.54) is 30.4 Å². The van der Waals surface area contributed by atoms with E-state index < -0.39 is 35.3 Å². The molecule has 0 saturated heterocycles. The smallest absolute Gasteiger partial charge is 0.342 e. The Labute approximate surface area is 172 Å². The Hall–Kier alpha value is -3.62. The molecule has 30 heavy (non-hydrogen) atoms. The molecule has 2 atom stereocenters. The predicted molar refractivity (Wildman–Crippen MR) is 105 cm³/mol. The number of nitrogens with one attached hydrogen (secondary N) is 1. The van der Waals surface area contributed by atoms with E-state index >= 15 is 0 Å². The molecule has 158 valence electrons. The Balaban J connectivity index is 2.48. The van der Waals surface area contributed by atoms with Gasteiger partial charge in [-0.05, 0) is 24.6 Å². The molecule has 1 aromatic carbocycles. The van der Waals surface area contributed by atoms with Crippen LogP contribution in [0, 0.1) is 11.4 Å². The lowest BCUT2D eigenvalue weighted by atomic mass is 10.0. The number of ketones is 3. The molecule has 1 aromatic rings. The summed E-state index contributed by atoms with van der Waals surface area (Å²) < 4.78 is 10.8. The van der Waals surface area contributed by atoms with Crippen LogP contribution in [0.25, 0.3) is 6.08 Å². The highest BCUT2D eigenvalue weighted by Crippen LogP contribution is 2.30. The largest absolute Gasteiger partial charge is 0.507 e. The summed E-state index contributed by atoms with van der Waals surface area (Å²) in [6, 6.07) is 2.69. The third-order valence-electron chi connectivity index (χ3n) is 4.46. The quantitative estimate of drug-likeness (QED) is 0.334. The maximum absolute atomic E-state index is 12.7. The highest BCUT2D eigenvalue weighted by Gasteiger charge is 2.24. The van der Waals surface area contributed by atoms with Crippen molar-refractivity contribution in [1.82, 2.24) is 0 Å². The van der Waals surface area contributed by atoms with Gasteiger partial charge in [-0.2, -0.15) is 5.11 Å². The fourth-order valence-corrected chi connectivity index (χ4v) is 2.60. The Kier molecular flexibility index (Phi) is 7.74. The molecule has 1 aliphatic rings. The molecule has 0 spiro atoms. The van der Waals surface area contributed by atoms with E-state index in [0.717, 1.165) is 6.08 Å². The highest BCUT2D eigenvalue weighted by molar-refractivity contribution is 6.66. The van der Waals surface area contributed by atoms with Crippen LogP contribution < -0.4 is 4.74 Å².